The molecule has 0 bridgehead atoms. The van der Waals surface area contributed by atoms with Crippen LogP contribution in [0, 0.1) is 0 Å². The molecule has 0 N–H and O–H groups in total. The van der Waals surface area contributed by atoms with E-state index >= 15 is 0 Å². The molecule has 3 rings (SSSR count). The highest BCUT2D eigenvalue weighted by Gasteiger charge is 2.35. The van der Waals surface area contributed by atoms with E-state index in [4.69, 9.17) is 4.74 Å². The van der Waals surface area contributed by atoms with Crippen LogP contribution in [-0.2, 0) is 13.6 Å². The summed E-state index contributed by atoms with van der Waals surface area (Å²) in [4.78, 5) is 13.5. The summed E-state index contributed by atoms with van der Waals surface area (Å²) in [5, 5.41) is 0. The lowest BCUT2D eigenvalue weighted by atomic mass is 10.2. The van der Waals surface area contributed by atoms with E-state index in [1.54, 1.807) is 30.3 Å². The second-order valence-corrected chi connectivity index (χ2v) is 7.32. The van der Waals surface area contributed by atoms with Crippen molar-refractivity contribution in [3.05, 3.63) is 58.5 Å². The Bertz CT molecular complexity index is 1130. The summed E-state index contributed by atoms with van der Waals surface area (Å²) >= 11 is 0. The minimum Gasteiger partial charge on any atom is -0.497 e. The van der Waals surface area contributed by atoms with Gasteiger partial charge in [0.25, 0.3) is 0 Å². The molecular weight excluding hydrogens is 440 g/mol. The zero-order chi connectivity index (χ0) is 23.7. The van der Waals surface area contributed by atoms with Crippen LogP contribution < -0.4 is 15.3 Å². The highest BCUT2D eigenvalue weighted by Crippen LogP contribution is 2.31. The van der Waals surface area contributed by atoms with Gasteiger partial charge in [-0.1, -0.05) is 18.2 Å². The average Bonchev–Trinajstić information content (AvgIpc) is 2.95. The molecular formula is C21H21F6N3O2. The van der Waals surface area contributed by atoms with E-state index in [1.165, 1.54) is 30.9 Å². The van der Waals surface area contributed by atoms with Crippen molar-refractivity contribution >= 4 is 16.7 Å². The second kappa shape index (κ2) is 8.79. The highest BCUT2D eigenvalue weighted by molar-refractivity contribution is 5.89. The van der Waals surface area contributed by atoms with Crippen LogP contribution >= 0.6 is 0 Å². The molecule has 0 spiro atoms. The lowest BCUT2D eigenvalue weighted by Crippen LogP contribution is -2.37. The lowest BCUT2D eigenvalue weighted by Gasteiger charge is -2.27. The number of rotatable bonds is 7. The molecule has 5 nitrogen and oxygen atoms in total. The summed E-state index contributed by atoms with van der Waals surface area (Å²) in [6.07, 6.45) is -10.8. The Morgan fingerprint density at radius 1 is 0.969 bits per heavy atom. The number of para-hydroxylation sites is 1. The first-order chi connectivity index (χ1) is 14.9. The summed E-state index contributed by atoms with van der Waals surface area (Å²) in [7, 11) is 2.89. The Balaban J connectivity index is 2.07. The maximum atomic E-state index is 13.1. The van der Waals surface area contributed by atoms with Crippen molar-refractivity contribution in [1.82, 2.24) is 9.13 Å². The molecule has 3 aromatic rings. The molecule has 32 heavy (non-hydrogen) atoms. The number of benzene rings is 2. The van der Waals surface area contributed by atoms with Crippen LogP contribution in [0.2, 0.25) is 0 Å². The standard InChI is InChI=1S/C21H21F6N3O2/c1-28-18-16(29(13-21(25,26)27)11-10-20(22,23)24)4-3-5-17(18)30(19(28)31)12-14-6-8-15(32-2)9-7-14/h3-9H,10-13H2,1-2H3. The van der Waals surface area contributed by atoms with Gasteiger partial charge in [-0.3, -0.25) is 9.13 Å². The van der Waals surface area contributed by atoms with E-state index < -0.39 is 37.6 Å². The van der Waals surface area contributed by atoms with Gasteiger partial charge in [0.1, 0.15) is 12.3 Å². The van der Waals surface area contributed by atoms with Crippen LogP contribution in [0.5, 0.6) is 5.75 Å². The molecule has 0 radical (unpaired) electrons. The monoisotopic (exact) mass is 461 g/mol. The minimum absolute atomic E-state index is 0.0860. The number of halogens is 6. The SMILES string of the molecule is COc1ccc(Cn2c(=O)n(C)c3c(N(CCC(F)(F)F)CC(F)(F)F)cccc32)cc1. The Hall–Kier alpha value is -3.11. The molecule has 0 amide bonds. The highest BCUT2D eigenvalue weighted by atomic mass is 19.4. The second-order valence-electron chi connectivity index (χ2n) is 7.32. The number of hydrogen-bond acceptors (Lipinski definition) is 3. The largest absolute Gasteiger partial charge is 0.497 e. The van der Waals surface area contributed by atoms with Gasteiger partial charge in [0.05, 0.1) is 36.8 Å². The number of aromatic nitrogens is 2. The number of imidazole rings is 1. The molecule has 1 aromatic heterocycles. The third kappa shape index (κ3) is 5.38. The van der Waals surface area contributed by atoms with Crippen molar-refractivity contribution in [2.24, 2.45) is 7.05 Å². The molecule has 2 aromatic carbocycles. The molecule has 0 aliphatic heterocycles. The van der Waals surface area contributed by atoms with E-state index in [-0.39, 0.29) is 17.7 Å². The van der Waals surface area contributed by atoms with Crippen LogP contribution in [0.3, 0.4) is 0 Å². The topological polar surface area (TPSA) is 39.4 Å². The number of methoxy groups -OCH3 is 1. The smallest absolute Gasteiger partial charge is 0.405 e. The summed E-state index contributed by atoms with van der Waals surface area (Å²) in [5.74, 6) is 0.619. The van der Waals surface area contributed by atoms with Crippen LogP contribution in [0.1, 0.15) is 12.0 Å². The van der Waals surface area contributed by atoms with Crippen molar-refractivity contribution in [2.75, 3.05) is 25.1 Å². The van der Waals surface area contributed by atoms with Gasteiger partial charge >= 0.3 is 18.0 Å². The maximum absolute atomic E-state index is 13.1. The predicted molar refractivity (Wildman–Crippen MR) is 108 cm³/mol. The molecule has 0 aliphatic carbocycles. The van der Waals surface area contributed by atoms with Crippen molar-refractivity contribution in [3.8, 4) is 5.75 Å². The molecule has 11 heteroatoms. The minimum atomic E-state index is -4.72. The predicted octanol–water partition coefficient (Wildman–Crippen LogP) is 4.72. The summed E-state index contributed by atoms with van der Waals surface area (Å²) in [5.41, 5.74) is 0.626. The Kier molecular flexibility index (Phi) is 6.47. The first kappa shape index (κ1) is 23.6. The van der Waals surface area contributed by atoms with Crippen LogP contribution in [0.25, 0.3) is 11.0 Å². The maximum Gasteiger partial charge on any atom is 0.405 e. The van der Waals surface area contributed by atoms with Gasteiger partial charge in [-0.2, -0.15) is 26.3 Å². The van der Waals surface area contributed by atoms with Gasteiger partial charge in [0.2, 0.25) is 0 Å². The van der Waals surface area contributed by atoms with Crippen molar-refractivity contribution < 1.29 is 31.1 Å². The van der Waals surface area contributed by atoms with E-state index in [1.807, 2.05) is 0 Å². The number of anilines is 1. The molecule has 0 atom stereocenters. The number of aryl methyl sites for hydroxylation is 1. The fourth-order valence-corrected chi connectivity index (χ4v) is 3.55. The van der Waals surface area contributed by atoms with Crippen LogP contribution in [0.4, 0.5) is 32.0 Å². The zero-order valence-corrected chi connectivity index (χ0v) is 17.3. The molecule has 0 fully saturated rings. The van der Waals surface area contributed by atoms with Gasteiger partial charge < -0.3 is 9.64 Å². The molecule has 0 saturated carbocycles. The summed E-state index contributed by atoms with van der Waals surface area (Å²) in [6.45, 7) is -2.33. The molecule has 0 saturated heterocycles. The summed E-state index contributed by atoms with van der Waals surface area (Å²) in [6, 6.07) is 11.2. The van der Waals surface area contributed by atoms with E-state index in [0.717, 1.165) is 10.1 Å². The third-order valence-electron chi connectivity index (χ3n) is 5.01. The third-order valence-corrected chi connectivity index (χ3v) is 5.01. The lowest BCUT2D eigenvalue weighted by molar-refractivity contribution is -0.137. The fraction of sp³-hybridized carbons (Fsp3) is 0.381. The zero-order valence-electron chi connectivity index (χ0n) is 17.3. The number of fused-ring (bicyclic) bond motifs is 1. The van der Waals surface area contributed by atoms with Crippen molar-refractivity contribution in [3.63, 3.8) is 0 Å². The van der Waals surface area contributed by atoms with E-state index in [2.05, 4.69) is 0 Å². The molecule has 174 valence electrons. The molecule has 1 heterocycles. The first-order valence-electron chi connectivity index (χ1n) is 9.59. The number of alkyl halides is 6. The van der Waals surface area contributed by atoms with Crippen molar-refractivity contribution in [2.45, 2.75) is 25.3 Å². The van der Waals surface area contributed by atoms with E-state index in [9.17, 15) is 31.1 Å². The van der Waals surface area contributed by atoms with E-state index in [0.29, 0.717) is 16.2 Å². The van der Waals surface area contributed by atoms with Gasteiger partial charge in [-0.05, 0) is 29.8 Å². The Morgan fingerprint density at radius 2 is 1.62 bits per heavy atom. The van der Waals surface area contributed by atoms with Gasteiger partial charge in [-0.15, -0.1) is 0 Å². The number of ether oxygens (including phenoxy) is 1. The quantitative estimate of drug-likeness (QED) is 0.478. The van der Waals surface area contributed by atoms with Gasteiger partial charge in [-0.25, -0.2) is 4.79 Å². The fourth-order valence-electron chi connectivity index (χ4n) is 3.55. The Labute approximate surface area is 179 Å². The number of nitrogens with zero attached hydrogens (tertiary/aromatic N) is 3. The van der Waals surface area contributed by atoms with Crippen LogP contribution in [0.15, 0.2) is 47.3 Å². The normalized spacial score (nSPS) is 12.4. The first-order valence-corrected chi connectivity index (χ1v) is 9.59. The van der Waals surface area contributed by atoms with Crippen LogP contribution in [-0.4, -0.2) is 41.7 Å². The molecule has 0 unspecified atom stereocenters. The van der Waals surface area contributed by atoms with Gasteiger partial charge in [0.15, 0.2) is 0 Å². The summed E-state index contributed by atoms with van der Waals surface area (Å²) < 4.78 is 85.3. The molecule has 0 aliphatic rings. The van der Waals surface area contributed by atoms with Gasteiger partial charge in [0, 0.05) is 13.6 Å². The van der Waals surface area contributed by atoms with Crippen molar-refractivity contribution in [1.29, 1.82) is 0 Å². The number of hydrogen-bond donors (Lipinski definition) is 0. The average molecular weight is 461 g/mol. The Morgan fingerprint density at radius 3 is 2.19 bits per heavy atom.